The first kappa shape index (κ1) is 18.2. The Morgan fingerprint density at radius 2 is 2.23 bits per heavy atom. The summed E-state index contributed by atoms with van der Waals surface area (Å²) in [6, 6.07) is 4.14. The number of amides is 1. The molecule has 1 aliphatic rings. The van der Waals surface area contributed by atoms with Crippen molar-refractivity contribution in [3.05, 3.63) is 29.1 Å². The number of nitrogens with zero attached hydrogens (tertiary/aromatic N) is 5. The molecule has 0 aromatic carbocycles. The second-order valence-electron chi connectivity index (χ2n) is 6.29. The molecule has 1 amide bonds. The number of fused-ring (bicyclic) bond motifs is 1. The molecule has 0 saturated carbocycles. The van der Waals surface area contributed by atoms with Crippen LogP contribution in [-0.2, 0) is 17.6 Å². The van der Waals surface area contributed by atoms with Crippen LogP contribution in [0, 0.1) is 11.3 Å². The number of rotatable bonds is 5. The van der Waals surface area contributed by atoms with Gasteiger partial charge in [0.15, 0.2) is 0 Å². The van der Waals surface area contributed by atoms with E-state index in [9.17, 15) is 10.1 Å². The third kappa shape index (κ3) is 4.32. The highest BCUT2D eigenvalue weighted by Gasteiger charge is 2.18. The Balaban J connectivity index is 1.65. The topological polar surface area (TPSA) is 98.9 Å². The summed E-state index contributed by atoms with van der Waals surface area (Å²) in [6.45, 7) is 0. The van der Waals surface area contributed by atoms with Gasteiger partial charge in [0, 0.05) is 5.69 Å². The number of pyridine rings is 1. The molecule has 1 aliphatic carbocycles. The molecule has 2 heterocycles. The second-order valence-corrected chi connectivity index (χ2v) is 7.25. The monoisotopic (exact) mass is 373 g/mol. The van der Waals surface area contributed by atoms with Gasteiger partial charge in [-0.1, -0.05) is 18.2 Å². The molecule has 9 heteroatoms. The van der Waals surface area contributed by atoms with Crippen LogP contribution in [-0.4, -0.2) is 36.0 Å². The lowest BCUT2D eigenvalue weighted by Gasteiger charge is -2.09. The molecular weight excluding hydrogens is 352 g/mol. The van der Waals surface area contributed by atoms with Crippen molar-refractivity contribution in [2.45, 2.75) is 37.1 Å². The van der Waals surface area contributed by atoms with Crippen LogP contribution >= 0.6 is 11.8 Å². The van der Waals surface area contributed by atoms with Crippen molar-refractivity contribution in [2.24, 2.45) is 0 Å². The van der Waals surface area contributed by atoms with Gasteiger partial charge in [0.1, 0.15) is 11.1 Å². The molecule has 0 saturated heterocycles. The maximum Gasteiger partial charge on any atom is 0.305 e. The van der Waals surface area contributed by atoms with Crippen LogP contribution in [0.3, 0.4) is 0 Å². The standard InChI is InChI=1S/C17H20N6O2S/c1-22(2)23-10-16(25-21-23)20-15(24)11-26-17-13(9-18)8-12-6-4-3-5-7-14(12)19-17/h8,10H,3-7,11H2,1-2H3/p+1. The molecule has 0 aliphatic heterocycles. The zero-order valence-electron chi connectivity index (χ0n) is 14.9. The Labute approximate surface area is 156 Å². The van der Waals surface area contributed by atoms with Crippen molar-refractivity contribution in [3.63, 3.8) is 0 Å². The van der Waals surface area contributed by atoms with Gasteiger partial charge in [-0.3, -0.25) is 14.6 Å². The van der Waals surface area contributed by atoms with Crippen LogP contribution < -0.4 is 15.1 Å². The third-order valence-electron chi connectivity index (χ3n) is 4.10. The van der Waals surface area contributed by atoms with Crippen LogP contribution in [0.2, 0.25) is 0 Å². The summed E-state index contributed by atoms with van der Waals surface area (Å²) in [5.41, 5.74) is 2.77. The molecule has 2 aromatic rings. The number of aromatic nitrogens is 3. The first-order chi connectivity index (χ1) is 12.6. The summed E-state index contributed by atoms with van der Waals surface area (Å²) in [7, 11) is 3.61. The summed E-state index contributed by atoms with van der Waals surface area (Å²) in [5.74, 6) is 0.167. The Morgan fingerprint density at radius 3 is 2.96 bits per heavy atom. The van der Waals surface area contributed by atoms with Gasteiger partial charge in [0.05, 0.1) is 30.2 Å². The lowest BCUT2D eigenvalue weighted by molar-refractivity contribution is -0.753. The van der Waals surface area contributed by atoms with Gasteiger partial charge < -0.3 is 0 Å². The van der Waals surface area contributed by atoms with E-state index in [2.05, 4.69) is 21.6 Å². The van der Waals surface area contributed by atoms with Crippen LogP contribution in [0.5, 0.6) is 0 Å². The lowest BCUT2D eigenvalue weighted by Crippen LogP contribution is -2.53. The van der Waals surface area contributed by atoms with Gasteiger partial charge in [-0.2, -0.15) is 10.3 Å². The van der Waals surface area contributed by atoms with E-state index in [-0.39, 0.29) is 17.5 Å². The number of carbonyl (C=O) groups is 1. The van der Waals surface area contributed by atoms with Gasteiger partial charge in [-0.25, -0.2) is 4.98 Å². The van der Waals surface area contributed by atoms with E-state index >= 15 is 0 Å². The minimum atomic E-state index is -0.238. The minimum absolute atomic E-state index is 0.142. The maximum atomic E-state index is 12.2. The molecule has 0 bridgehead atoms. The van der Waals surface area contributed by atoms with Crippen LogP contribution in [0.25, 0.3) is 0 Å². The van der Waals surface area contributed by atoms with E-state index in [4.69, 9.17) is 4.52 Å². The van der Waals surface area contributed by atoms with Crippen molar-refractivity contribution in [1.82, 2.24) is 10.3 Å². The molecule has 1 N–H and O–H groups in total. The predicted octanol–water partition coefficient (Wildman–Crippen LogP) is 1.43. The molecule has 8 nitrogen and oxygen atoms in total. The SMILES string of the molecule is CN(C)[n+]1cc(NC(=O)CSc2nc3c(cc2C#N)CCCCC3)on1. The van der Waals surface area contributed by atoms with Crippen molar-refractivity contribution in [3.8, 4) is 6.07 Å². The van der Waals surface area contributed by atoms with E-state index < -0.39 is 0 Å². The number of nitrogens with one attached hydrogen (secondary N) is 1. The molecule has 26 heavy (non-hydrogen) atoms. The quantitative estimate of drug-likeness (QED) is 0.481. The first-order valence-electron chi connectivity index (χ1n) is 8.48. The van der Waals surface area contributed by atoms with Gasteiger partial charge >= 0.3 is 5.88 Å². The highest BCUT2D eigenvalue weighted by atomic mass is 32.2. The van der Waals surface area contributed by atoms with E-state index in [0.29, 0.717) is 10.6 Å². The predicted molar refractivity (Wildman–Crippen MR) is 96.3 cm³/mol. The molecule has 136 valence electrons. The van der Waals surface area contributed by atoms with Crippen LogP contribution in [0.1, 0.15) is 36.1 Å². The molecule has 0 fully saturated rings. The third-order valence-corrected chi connectivity index (χ3v) is 5.10. The summed E-state index contributed by atoms with van der Waals surface area (Å²) < 4.78 is 5.04. The molecule has 0 spiro atoms. The number of hydrogen-bond acceptors (Lipinski definition) is 7. The fourth-order valence-corrected chi connectivity index (χ4v) is 3.55. The highest BCUT2D eigenvalue weighted by molar-refractivity contribution is 8.00. The van der Waals surface area contributed by atoms with Crippen LogP contribution in [0.15, 0.2) is 21.8 Å². The van der Waals surface area contributed by atoms with E-state index in [1.807, 2.05) is 6.07 Å². The maximum absolute atomic E-state index is 12.2. The molecule has 0 atom stereocenters. The Morgan fingerprint density at radius 1 is 1.42 bits per heavy atom. The zero-order valence-corrected chi connectivity index (χ0v) is 15.7. The van der Waals surface area contributed by atoms with Gasteiger partial charge in [-0.15, -0.1) is 0 Å². The highest BCUT2D eigenvalue weighted by Crippen LogP contribution is 2.27. The summed E-state index contributed by atoms with van der Waals surface area (Å²) in [6.07, 6.45) is 6.92. The number of thioether (sulfide) groups is 1. The van der Waals surface area contributed by atoms with E-state index in [1.165, 1.54) is 28.5 Å². The van der Waals surface area contributed by atoms with Crippen molar-refractivity contribution in [2.75, 3.05) is 30.2 Å². The fourth-order valence-electron chi connectivity index (χ4n) is 2.77. The summed E-state index contributed by atoms with van der Waals surface area (Å²) in [4.78, 5) is 18.3. The van der Waals surface area contributed by atoms with Crippen LogP contribution in [0.4, 0.5) is 5.88 Å². The molecule has 3 rings (SSSR count). The second kappa shape index (κ2) is 8.19. The van der Waals surface area contributed by atoms with Crippen molar-refractivity contribution in [1.29, 1.82) is 5.26 Å². The molecule has 2 aromatic heterocycles. The summed E-state index contributed by atoms with van der Waals surface area (Å²) >= 11 is 1.27. The smallest absolute Gasteiger partial charge is 0.288 e. The Hall–Kier alpha value is -2.60. The fraction of sp³-hybridized carbons (Fsp3) is 0.471. The van der Waals surface area contributed by atoms with E-state index in [0.717, 1.165) is 31.4 Å². The Bertz CT molecular complexity index is 842. The number of nitriles is 1. The molecular formula is C17H21N6O2S+. The van der Waals surface area contributed by atoms with Gasteiger partial charge in [0.2, 0.25) is 11.2 Å². The number of aryl methyl sites for hydroxylation is 2. The average Bonchev–Trinajstić information content (AvgIpc) is 2.97. The van der Waals surface area contributed by atoms with E-state index in [1.54, 1.807) is 25.3 Å². The van der Waals surface area contributed by atoms with Gasteiger partial charge in [0.25, 0.3) is 6.20 Å². The lowest BCUT2D eigenvalue weighted by atomic mass is 10.1. The molecule has 0 unspecified atom stereocenters. The number of anilines is 1. The van der Waals surface area contributed by atoms with Crippen molar-refractivity contribution < 1.29 is 14.1 Å². The normalized spacial score (nSPS) is 13.4. The largest absolute Gasteiger partial charge is 0.305 e. The Kier molecular flexibility index (Phi) is 5.73. The summed E-state index contributed by atoms with van der Waals surface area (Å²) in [5, 5.41) is 18.1. The van der Waals surface area contributed by atoms with Crippen molar-refractivity contribution >= 4 is 23.6 Å². The average molecular weight is 373 g/mol. The van der Waals surface area contributed by atoms with Gasteiger partial charge in [-0.05, 0) is 37.3 Å². The number of carbonyl (C=O) groups excluding carboxylic acids is 1. The minimum Gasteiger partial charge on any atom is -0.288 e. The molecule has 0 radical (unpaired) electrons. The first-order valence-corrected chi connectivity index (χ1v) is 9.47. The zero-order chi connectivity index (χ0) is 18.5. The number of hydrogen-bond donors (Lipinski definition) is 1.